The van der Waals surface area contributed by atoms with E-state index in [0.717, 1.165) is 11.3 Å². The van der Waals surface area contributed by atoms with Crippen molar-refractivity contribution in [2.24, 2.45) is 13.0 Å². The number of carbonyl (C=O) groups is 3. The highest BCUT2D eigenvalue weighted by Crippen LogP contribution is 2.43. The van der Waals surface area contributed by atoms with Gasteiger partial charge in [-0.1, -0.05) is 12.1 Å². The van der Waals surface area contributed by atoms with Gasteiger partial charge in [0.2, 0.25) is 5.75 Å². The number of hydrogen-bond donors (Lipinski definition) is 3. The van der Waals surface area contributed by atoms with E-state index in [-0.39, 0.29) is 31.4 Å². The van der Waals surface area contributed by atoms with Gasteiger partial charge in [-0.05, 0) is 56.2 Å². The van der Waals surface area contributed by atoms with E-state index in [4.69, 9.17) is 0 Å². The molecule has 0 saturated heterocycles. The second-order valence-electron chi connectivity index (χ2n) is 10.9. The predicted octanol–water partition coefficient (Wildman–Crippen LogP) is 1.23. The summed E-state index contributed by atoms with van der Waals surface area (Å²) in [6.45, 7) is 2.29. The first-order chi connectivity index (χ1) is 19.5. The van der Waals surface area contributed by atoms with E-state index in [9.17, 15) is 28.7 Å². The topological polar surface area (TPSA) is 151 Å². The number of benzene rings is 1. The summed E-state index contributed by atoms with van der Waals surface area (Å²) in [7, 11) is 3.29. The van der Waals surface area contributed by atoms with Crippen molar-refractivity contribution in [3.8, 4) is 5.75 Å². The molecule has 0 unspecified atom stereocenters. The summed E-state index contributed by atoms with van der Waals surface area (Å²) in [5.74, 6) is -3.38. The molecular formula is C28H32FN7O5. The molecule has 2 aliphatic heterocycles. The first-order valence-electron chi connectivity index (χ1n) is 13.4. The normalized spacial score (nSPS) is 19.3. The molecule has 1 aliphatic carbocycles. The number of carbonyl (C=O) groups excluding carboxylic acids is 3. The van der Waals surface area contributed by atoms with E-state index >= 15 is 0 Å². The van der Waals surface area contributed by atoms with Crippen LogP contribution < -0.4 is 16.2 Å². The molecule has 13 heteroatoms. The summed E-state index contributed by atoms with van der Waals surface area (Å²) in [6.07, 6.45) is 3.93. The number of hydrogen-bond acceptors (Lipinski definition) is 7. The van der Waals surface area contributed by atoms with E-state index in [0.29, 0.717) is 31.2 Å². The van der Waals surface area contributed by atoms with Crippen molar-refractivity contribution < 1.29 is 23.9 Å². The number of rotatable bonds is 6. The summed E-state index contributed by atoms with van der Waals surface area (Å²) in [5, 5.41) is 20.4. The van der Waals surface area contributed by atoms with Crippen LogP contribution in [-0.2, 0) is 41.8 Å². The molecule has 1 aromatic carbocycles. The highest BCUT2D eigenvalue weighted by Gasteiger charge is 2.47. The van der Waals surface area contributed by atoms with Gasteiger partial charge in [-0.25, -0.2) is 9.37 Å². The lowest BCUT2D eigenvalue weighted by atomic mass is 9.77. The smallest absolute Gasteiger partial charge is 0.311 e. The van der Waals surface area contributed by atoms with Crippen LogP contribution in [0.15, 0.2) is 35.3 Å². The van der Waals surface area contributed by atoms with Crippen LogP contribution in [0.4, 0.5) is 4.39 Å². The minimum Gasteiger partial charge on any atom is -0.501 e. The summed E-state index contributed by atoms with van der Waals surface area (Å²) < 4.78 is 16.2. The number of likely N-dealkylation sites (N-methyl/N-ethyl adjacent to an activating group) is 1. The van der Waals surface area contributed by atoms with Crippen molar-refractivity contribution in [1.82, 2.24) is 34.9 Å². The molecule has 216 valence electrons. The molecule has 0 spiro atoms. The SMILES string of the molecule is Cc1nn(C)cc1CN(C)C(=O)C(=O)NC12CCC(CC1)Cn1c2nc(C(=O)NCc2ccc(F)cc2)c(O)c1=O. The Morgan fingerprint density at radius 1 is 1.20 bits per heavy atom. The van der Waals surface area contributed by atoms with Gasteiger partial charge in [0, 0.05) is 45.5 Å². The molecule has 3 amide bonds. The zero-order valence-electron chi connectivity index (χ0n) is 23.1. The second-order valence-corrected chi connectivity index (χ2v) is 10.9. The van der Waals surface area contributed by atoms with Crippen LogP contribution in [0.25, 0.3) is 0 Å². The fraction of sp³-hybridized carbons (Fsp3) is 0.429. The maximum absolute atomic E-state index is 13.3. The lowest BCUT2D eigenvalue weighted by Gasteiger charge is -2.37. The molecule has 3 aromatic rings. The summed E-state index contributed by atoms with van der Waals surface area (Å²) in [5.41, 5.74) is -0.283. The van der Waals surface area contributed by atoms with Crippen LogP contribution >= 0.6 is 0 Å². The summed E-state index contributed by atoms with van der Waals surface area (Å²) in [6, 6.07) is 5.51. The fourth-order valence-corrected chi connectivity index (χ4v) is 5.70. The summed E-state index contributed by atoms with van der Waals surface area (Å²) >= 11 is 0. The van der Waals surface area contributed by atoms with Crippen LogP contribution in [-0.4, -0.2) is 54.1 Å². The van der Waals surface area contributed by atoms with Gasteiger partial charge < -0.3 is 20.6 Å². The van der Waals surface area contributed by atoms with Gasteiger partial charge in [0.15, 0.2) is 5.69 Å². The van der Waals surface area contributed by atoms with Crippen LogP contribution in [0, 0.1) is 18.7 Å². The van der Waals surface area contributed by atoms with Crippen molar-refractivity contribution in [2.75, 3.05) is 7.05 Å². The predicted molar refractivity (Wildman–Crippen MR) is 144 cm³/mol. The van der Waals surface area contributed by atoms with Gasteiger partial charge in [0.05, 0.1) is 11.2 Å². The number of halogens is 1. The molecule has 3 aliphatic rings. The van der Waals surface area contributed by atoms with E-state index < -0.39 is 46.1 Å². The number of aryl methyl sites for hydroxylation is 2. The number of nitrogens with one attached hydrogen (secondary N) is 2. The van der Waals surface area contributed by atoms with Crippen LogP contribution in [0.2, 0.25) is 0 Å². The lowest BCUT2D eigenvalue weighted by molar-refractivity contribution is -0.146. The summed E-state index contributed by atoms with van der Waals surface area (Å²) in [4.78, 5) is 58.5. The first-order valence-corrected chi connectivity index (χ1v) is 13.4. The zero-order valence-corrected chi connectivity index (χ0v) is 23.1. The van der Waals surface area contributed by atoms with E-state index in [1.54, 1.807) is 17.9 Å². The quantitative estimate of drug-likeness (QED) is 0.380. The lowest BCUT2D eigenvalue weighted by Crippen LogP contribution is -2.53. The molecule has 2 aromatic heterocycles. The van der Waals surface area contributed by atoms with Crippen LogP contribution in [0.5, 0.6) is 5.75 Å². The number of aromatic hydroxyl groups is 1. The van der Waals surface area contributed by atoms with Crippen molar-refractivity contribution in [3.05, 3.63) is 75.0 Å². The molecule has 6 rings (SSSR count). The maximum atomic E-state index is 13.3. The molecule has 1 fully saturated rings. The van der Waals surface area contributed by atoms with E-state index in [2.05, 4.69) is 20.7 Å². The average Bonchev–Trinajstić information content (AvgIpc) is 3.09. The van der Waals surface area contributed by atoms with Gasteiger partial charge in [-0.15, -0.1) is 0 Å². The Hall–Kier alpha value is -4.55. The second kappa shape index (κ2) is 10.8. The molecular weight excluding hydrogens is 533 g/mol. The highest BCUT2D eigenvalue weighted by molar-refractivity contribution is 6.35. The minimum atomic E-state index is -1.18. The molecule has 41 heavy (non-hydrogen) atoms. The van der Waals surface area contributed by atoms with Crippen molar-refractivity contribution in [3.63, 3.8) is 0 Å². The highest BCUT2D eigenvalue weighted by atomic mass is 19.1. The Bertz CT molecular complexity index is 1570. The Balaban J connectivity index is 1.41. The van der Waals surface area contributed by atoms with Crippen molar-refractivity contribution in [1.29, 1.82) is 0 Å². The molecule has 1 saturated carbocycles. The van der Waals surface area contributed by atoms with Gasteiger partial charge >= 0.3 is 11.8 Å². The maximum Gasteiger partial charge on any atom is 0.311 e. The van der Waals surface area contributed by atoms with Gasteiger partial charge in [0.25, 0.3) is 11.5 Å². The molecule has 2 bridgehead atoms. The fourth-order valence-electron chi connectivity index (χ4n) is 5.70. The molecule has 0 atom stereocenters. The minimum absolute atomic E-state index is 0.0137. The average molecular weight is 566 g/mol. The van der Waals surface area contributed by atoms with E-state index in [1.165, 1.54) is 40.8 Å². The third kappa shape index (κ3) is 5.43. The van der Waals surface area contributed by atoms with Crippen LogP contribution in [0.1, 0.15) is 58.8 Å². The first kappa shape index (κ1) is 28.0. The molecule has 0 radical (unpaired) electrons. The van der Waals surface area contributed by atoms with Crippen molar-refractivity contribution >= 4 is 17.7 Å². The Kier molecular flexibility index (Phi) is 7.37. The number of aromatic nitrogens is 4. The Morgan fingerprint density at radius 2 is 1.88 bits per heavy atom. The number of nitrogens with zero attached hydrogens (tertiary/aromatic N) is 5. The molecule has 4 heterocycles. The van der Waals surface area contributed by atoms with Crippen molar-refractivity contribution in [2.45, 2.75) is 57.8 Å². The molecule has 3 N–H and O–H groups in total. The van der Waals surface area contributed by atoms with Gasteiger partial charge in [-0.3, -0.25) is 28.4 Å². The molecule has 12 nitrogen and oxygen atoms in total. The third-order valence-electron chi connectivity index (χ3n) is 7.97. The largest absolute Gasteiger partial charge is 0.501 e. The number of amides is 3. The Labute approximate surface area is 235 Å². The van der Waals surface area contributed by atoms with Gasteiger partial charge in [0.1, 0.15) is 11.6 Å². The Morgan fingerprint density at radius 3 is 2.51 bits per heavy atom. The van der Waals surface area contributed by atoms with Gasteiger partial charge in [-0.2, -0.15) is 5.10 Å². The standard InChI is InChI=1S/C28H32FN7O5/c1-16-19(15-35(3)33-16)14-34(2)26(41)24(39)32-28-10-8-18(9-11-28)13-36-25(40)22(37)21(31-27(28)36)23(38)30-12-17-4-6-20(29)7-5-17/h4-7,15,18,37H,8-14H2,1-3H3,(H,30,38)(H,32,39). The van der Waals surface area contributed by atoms with E-state index in [1.807, 2.05) is 6.92 Å². The number of fused-ring (bicyclic) bond motifs is 2. The zero-order chi connectivity index (χ0) is 29.5. The monoisotopic (exact) mass is 565 g/mol. The van der Waals surface area contributed by atoms with Crippen LogP contribution in [0.3, 0.4) is 0 Å². The third-order valence-corrected chi connectivity index (χ3v) is 7.97.